The van der Waals surface area contributed by atoms with Gasteiger partial charge in [-0.1, -0.05) is 12.1 Å². The molecule has 1 saturated heterocycles. The predicted molar refractivity (Wildman–Crippen MR) is 72.5 cm³/mol. The van der Waals surface area contributed by atoms with Crippen LogP contribution in [0, 0.1) is 6.92 Å². The van der Waals surface area contributed by atoms with Crippen LogP contribution in [-0.4, -0.2) is 49.8 Å². The fourth-order valence-corrected chi connectivity index (χ4v) is 2.84. The molecule has 1 fully saturated rings. The van der Waals surface area contributed by atoms with Crippen LogP contribution in [0.25, 0.3) is 11.0 Å². The molecule has 1 aliphatic rings. The molecular weight excluding hydrogens is 284 g/mol. The monoisotopic (exact) mass is 298 g/mol. The van der Waals surface area contributed by atoms with Crippen LogP contribution < -0.4 is 0 Å². The van der Waals surface area contributed by atoms with Crippen LogP contribution in [0.5, 0.6) is 0 Å². The normalized spacial score (nSPS) is 30.2. The smallest absolute Gasteiger partial charge is 0.206 e. The summed E-state index contributed by atoms with van der Waals surface area (Å²) >= 11 is 6.14. The molecule has 0 amide bonds. The summed E-state index contributed by atoms with van der Waals surface area (Å²) in [7, 11) is 0. The number of benzene rings is 1. The topological polar surface area (TPSA) is 87.7 Å². The summed E-state index contributed by atoms with van der Waals surface area (Å²) in [4.78, 5) is 4.26. The van der Waals surface area contributed by atoms with Gasteiger partial charge < -0.3 is 20.1 Å². The van der Waals surface area contributed by atoms with Crippen LogP contribution >= 0.6 is 11.6 Å². The molecule has 0 radical (unpaired) electrons. The number of aromatic nitrogens is 2. The van der Waals surface area contributed by atoms with E-state index in [9.17, 15) is 10.2 Å². The minimum absolute atomic E-state index is 0.170. The quantitative estimate of drug-likeness (QED) is 0.756. The van der Waals surface area contributed by atoms with Crippen molar-refractivity contribution in [3.63, 3.8) is 0 Å². The molecule has 2 aromatic rings. The van der Waals surface area contributed by atoms with Gasteiger partial charge in [-0.2, -0.15) is 0 Å². The first-order valence-corrected chi connectivity index (χ1v) is 6.68. The highest BCUT2D eigenvalue weighted by molar-refractivity contribution is 6.29. The van der Waals surface area contributed by atoms with Crippen molar-refractivity contribution in [1.82, 2.24) is 9.55 Å². The maximum Gasteiger partial charge on any atom is 0.206 e. The van der Waals surface area contributed by atoms with Crippen molar-refractivity contribution in [1.29, 1.82) is 0 Å². The average molecular weight is 299 g/mol. The van der Waals surface area contributed by atoms with Gasteiger partial charge in [0.2, 0.25) is 5.28 Å². The van der Waals surface area contributed by atoms with Crippen LogP contribution in [0.2, 0.25) is 5.28 Å². The second-order valence-electron chi connectivity index (χ2n) is 4.92. The van der Waals surface area contributed by atoms with Crippen LogP contribution in [0.4, 0.5) is 0 Å². The van der Waals surface area contributed by atoms with Gasteiger partial charge in [0, 0.05) is 0 Å². The number of imidazole rings is 1. The van der Waals surface area contributed by atoms with Crippen molar-refractivity contribution in [2.75, 3.05) is 6.61 Å². The van der Waals surface area contributed by atoms with Gasteiger partial charge in [-0.3, -0.25) is 4.57 Å². The van der Waals surface area contributed by atoms with Gasteiger partial charge in [0.1, 0.15) is 18.3 Å². The SMILES string of the molecule is Cc1cccc2c1nc(Cl)n2[C@@H]1O[C@H](CO)[C@@H](O)[C@H]1O. The van der Waals surface area contributed by atoms with Gasteiger partial charge in [0.15, 0.2) is 6.23 Å². The van der Waals surface area contributed by atoms with E-state index >= 15 is 0 Å². The molecule has 1 aromatic heterocycles. The van der Waals surface area contributed by atoms with Gasteiger partial charge in [0.25, 0.3) is 0 Å². The Hall–Kier alpha value is -1.18. The summed E-state index contributed by atoms with van der Waals surface area (Å²) in [5.41, 5.74) is 2.38. The number of ether oxygens (including phenoxy) is 1. The number of rotatable bonds is 2. The number of para-hydroxylation sites is 1. The van der Waals surface area contributed by atoms with Crippen molar-refractivity contribution in [3.05, 3.63) is 29.0 Å². The molecule has 0 aliphatic carbocycles. The van der Waals surface area contributed by atoms with E-state index < -0.39 is 24.5 Å². The molecule has 0 bridgehead atoms. The molecule has 1 aromatic carbocycles. The molecule has 2 heterocycles. The van der Waals surface area contributed by atoms with Gasteiger partial charge in [0.05, 0.1) is 17.6 Å². The van der Waals surface area contributed by atoms with Crippen molar-refractivity contribution < 1.29 is 20.1 Å². The molecule has 1 aliphatic heterocycles. The third-order valence-electron chi connectivity index (χ3n) is 3.65. The minimum Gasteiger partial charge on any atom is -0.394 e. The van der Waals surface area contributed by atoms with E-state index in [2.05, 4.69) is 4.98 Å². The summed E-state index contributed by atoms with van der Waals surface area (Å²) in [5, 5.41) is 29.2. The number of fused-ring (bicyclic) bond motifs is 1. The zero-order chi connectivity index (χ0) is 14.4. The molecule has 108 valence electrons. The summed E-state index contributed by atoms with van der Waals surface area (Å²) in [5.74, 6) is 0. The Morgan fingerprint density at radius 2 is 2.10 bits per heavy atom. The zero-order valence-corrected chi connectivity index (χ0v) is 11.5. The Labute approximate surface area is 120 Å². The molecule has 6 nitrogen and oxygen atoms in total. The number of hydrogen-bond acceptors (Lipinski definition) is 5. The van der Waals surface area contributed by atoms with Crippen LogP contribution in [0.1, 0.15) is 11.8 Å². The lowest BCUT2D eigenvalue weighted by atomic mass is 10.1. The number of halogens is 1. The average Bonchev–Trinajstić information content (AvgIpc) is 2.90. The highest BCUT2D eigenvalue weighted by Gasteiger charge is 2.44. The second kappa shape index (κ2) is 4.98. The molecular formula is C13H15ClN2O4. The number of nitrogens with zero attached hydrogens (tertiary/aromatic N) is 2. The third-order valence-corrected chi connectivity index (χ3v) is 3.92. The van der Waals surface area contributed by atoms with E-state index in [-0.39, 0.29) is 11.9 Å². The van der Waals surface area contributed by atoms with E-state index in [0.717, 1.165) is 11.1 Å². The molecule has 3 rings (SSSR count). The molecule has 4 atom stereocenters. The number of hydrogen-bond donors (Lipinski definition) is 3. The standard InChI is InChI=1S/C13H15ClN2O4/c1-6-3-2-4-7-9(6)15-13(14)16(7)12-11(19)10(18)8(5-17)20-12/h2-4,8,10-12,17-19H,5H2,1H3/t8-,10-,11-,12-/m1/s1. The van der Waals surface area contributed by atoms with Crippen LogP contribution in [-0.2, 0) is 4.74 Å². The first-order chi connectivity index (χ1) is 9.54. The van der Waals surface area contributed by atoms with E-state index in [0.29, 0.717) is 5.52 Å². The van der Waals surface area contributed by atoms with E-state index in [1.165, 1.54) is 4.57 Å². The van der Waals surface area contributed by atoms with Gasteiger partial charge in [-0.25, -0.2) is 4.98 Å². The fraction of sp³-hybridized carbons (Fsp3) is 0.462. The second-order valence-corrected chi connectivity index (χ2v) is 5.26. The van der Waals surface area contributed by atoms with E-state index in [1.54, 1.807) is 0 Å². The summed E-state index contributed by atoms with van der Waals surface area (Å²) in [6.45, 7) is 1.53. The molecule has 0 unspecified atom stereocenters. The number of aliphatic hydroxyl groups is 3. The Morgan fingerprint density at radius 1 is 1.35 bits per heavy atom. The lowest BCUT2D eigenvalue weighted by Gasteiger charge is -2.18. The van der Waals surface area contributed by atoms with Crippen molar-refractivity contribution >= 4 is 22.6 Å². The first-order valence-electron chi connectivity index (χ1n) is 6.30. The highest BCUT2D eigenvalue weighted by Crippen LogP contribution is 2.35. The summed E-state index contributed by atoms with van der Waals surface area (Å²) in [6.07, 6.45) is -4.05. The highest BCUT2D eigenvalue weighted by atomic mass is 35.5. The Morgan fingerprint density at radius 3 is 2.75 bits per heavy atom. The maximum atomic E-state index is 10.1. The largest absolute Gasteiger partial charge is 0.394 e. The predicted octanol–water partition coefficient (Wildman–Crippen LogP) is 0.610. The van der Waals surface area contributed by atoms with Crippen molar-refractivity contribution in [2.45, 2.75) is 31.5 Å². The van der Waals surface area contributed by atoms with E-state index in [1.807, 2.05) is 25.1 Å². The molecule has 0 spiro atoms. The molecule has 7 heteroatoms. The fourth-order valence-electron chi connectivity index (χ4n) is 2.56. The van der Waals surface area contributed by atoms with Gasteiger partial charge in [-0.15, -0.1) is 0 Å². The van der Waals surface area contributed by atoms with Crippen molar-refractivity contribution in [2.24, 2.45) is 0 Å². The minimum atomic E-state index is -1.18. The van der Waals surface area contributed by atoms with Crippen LogP contribution in [0.15, 0.2) is 18.2 Å². The van der Waals surface area contributed by atoms with Gasteiger partial charge >= 0.3 is 0 Å². The zero-order valence-electron chi connectivity index (χ0n) is 10.8. The lowest BCUT2D eigenvalue weighted by molar-refractivity contribution is -0.0507. The molecule has 20 heavy (non-hydrogen) atoms. The Kier molecular flexibility index (Phi) is 3.43. The Balaban J connectivity index is 2.11. The molecule has 3 N–H and O–H groups in total. The number of aliphatic hydroxyl groups excluding tert-OH is 3. The first kappa shape index (κ1) is 13.8. The van der Waals surface area contributed by atoms with Crippen LogP contribution in [0.3, 0.4) is 0 Å². The lowest BCUT2D eigenvalue weighted by Crippen LogP contribution is -2.33. The summed E-state index contributed by atoms with van der Waals surface area (Å²) < 4.78 is 7.03. The molecule has 0 saturated carbocycles. The maximum absolute atomic E-state index is 10.1. The summed E-state index contributed by atoms with van der Waals surface area (Å²) in [6, 6.07) is 5.58. The van der Waals surface area contributed by atoms with Gasteiger partial charge in [-0.05, 0) is 30.2 Å². The third kappa shape index (κ3) is 1.92. The number of aryl methyl sites for hydroxylation is 1. The van der Waals surface area contributed by atoms with E-state index in [4.69, 9.17) is 21.4 Å². The van der Waals surface area contributed by atoms with Crippen molar-refractivity contribution in [3.8, 4) is 0 Å². The Bertz CT molecular complexity index is 645.